The molecule has 0 bridgehead atoms. The van der Waals surface area contributed by atoms with E-state index in [9.17, 15) is 14.6 Å². The van der Waals surface area contributed by atoms with Crippen molar-refractivity contribution >= 4 is 7.82 Å². The van der Waals surface area contributed by atoms with Gasteiger partial charge in [-0.3, -0.25) is 9.05 Å². The van der Waals surface area contributed by atoms with Gasteiger partial charge in [0.2, 0.25) is 5.72 Å². The zero-order valence-corrected chi connectivity index (χ0v) is 19.2. The summed E-state index contributed by atoms with van der Waals surface area (Å²) in [6.07, 6.45) is 11.0. The van der Waals surface area contributed by atoms with Crippen molar-refractivity contribution in [2.75, 3.05) is 27.2 Å². The summed E-state index contributed by atoms with van der Waals surface area (Å²) < 4.78 is 15.3. The molecule has 0 fully saturated rings. The van der Waals surface area contributed by atoms with Gasteiger partial charge in [0.05, 0.1) is 20.6 Å². The third-order valence-electron chi connectivity index (χ3n) is 4.63. The van der Waals surface area contributed by atoms with Crippen molar-refractivity contribution in [3.63, 3.8) is 0 Å². The van der Waals surface area contributed by atoms with Crippen LogP contribution >= 0.6 is 7.82 Å². The monoisotopic (exact) mass is 376 g/mol. The maximum absolute atomic E-state index is 10.7. The Labute approximate surface area is 170 Å². The Balaban J connectivity index is 0. The van der Waals surface area contributed by atoms with E-state index in [2.05, 4.69) is 11.4 Å². The van der Waals surface area contributed by atoms with Gasteiger partial charge in [-0.1, -0.05) is 51.9 Å². The van der Waals surface area contributed by atoms with Crippen LogP contribution in [-0.4, -0.2) is 47.5 Å². The SMILES string of the molecule is CCCCCCCCCCC[N+](C)(C)C(C)(O)COP(=O)([O-])O.[Na+]. The number of rotatable bonds is 14. The standard InChI is InChI=1S/C16H36NO5P.Na/c1-5-6-7-8-9-10-11-12-13-14-17(3,4)16(2,18)15-22-23(19,20)21;/h18H,5-15H2,1-4H3,(H-,19,20,21);/q;+1. The van der Waals surface area contributed by atoms with E-state index in [1.807, 2.05) is 14.1 Å². The van der Waals surface area contributed by atoms with Crippen LogP contribution in [-0.2, 0) is 9.09 Å². The molecule has 0 heterocycles. The largest absolute Gasteiger partial charge is 1.00 e. The van der Waals surface area contributed by atoms with Gasteiger partial charge < -0.3 is 19.4 Å². The summed E-state index contributed by atoms with van der Waals surface area (Å²) >= 11 is 0. The maximum atomic E-state index is 10.7. The van der Waals surface area contributed by atoms with E-state index in [4.69, 9.17) is 4.89 Å². The van der Waals surface area contributed by atoms with Crippen molar-refractivity contribution in [3.05, 3.63) is 0 Å². The number of phosphoric ester groups is 1. The third-order valence-corrected chi connectivity index (χ3v) is 5.08. The summed E-state index contributed by atoms with van der Waals surface area (Å²) in [4.78, 5) is 19.3. The normalized spacial score (nSPS) is 17.0. The number of hydrogen-bond donors (Lipinski definition) is 2. The first-order chi connectivity index (χ1) is 10.5. The average Bonchev–Trinajstić information content (AvgIpc) is 2.42. The number of phosphoric acid groups is 1. The van der Waals surface area contributed by atoms with Crippen LogP contribution in [0.25, 0.3) is 0 Å². The molecule has 0 amide bonds. The van der Waals surface area contributed by atoms with Crippen LogP contribution in [0.2, 0.25) is 0 Å². The minimum Gasteiger partial charge on any atom is -0.756 e. The fraction of sp³-hybridized carbons (Fsp3) is 1.00. The first kappa shape index (κ1) is 27.3. The van der Waals surface area contributed by atoms with E-state index in [-0.39, 0.29) is 34.0 Å². The Morgan fingerprint density at radius 2 is 1.46 bits per heavy atom. The minimum absolute atomic E-state index is 0. The zero-order valence-electron chi connectivity index (χ0n) is 16.3. The molecule has 6 nitrogen and oxygen atoms in total. The molecule has 0 saturated heterocycles. The fourth-order valence-corrected chi connectivity index (χ4v) is 2.84. The fourth-order valence-electron chi connectivity index (χ4n) is 2.44. The minimum atomic E-state index is -4.80. The second-order valence-electron chi connectivity index (χ2n) is 7.20. The van der Waals surface area contributed by atoms with Gasteiger partial charge in [0.1, 0.15) is 6.61 Å². The molecule has 0 rings (SSSR count). The second kappa shape index (κ2) is 13.2. The van der Waals surface area contributed by atoms with Crippen LogP contribution in [0.15, 0.2) is 0 Å². The quantitative estimate of drug-likeness (QED) is 0.144. The summed E-state index contributed by atoms with van der Waals surface area (Å²) in [7, 11) is -1.14. The predicted molar refractivity (Wildman–Crippen MR) is 90.6 cm³/mol. The number of likely N-dealkylation sites (N-methyl/N-ethyl adjacent to an activating group) is 1. The van der Waals surface area contributed by atoms with Crippen molar-refractivity contribution in [2.45, 2.75) is 77.4 Å². The molecule has 0 aromatic carbocycles. The van der Waals surface area contributed by atoms with Crippen molar-refractivity contribution in [2.24, 2.45) is 0 Å². The Kier molecular flexibility index (Phi) is 15.0. The molecule has 0 aliphatic rings. The van der Waals surface area contributed by atoms with Crippen molar-refractivity contribution in [1.29, 1.82) is 0 Å². The summed E-state index contributed by atoms with van der Waals surface area (Å²) in [6, 6.07) is 0. The Hall–Kier alpha value is 1.03. The van der Waals surface area contributed by atoms with E-state index < -0.39 is 20.2 Å². The van der Waals surface area contributed by atoms with E-state index >= 15 is 0 Å². The summed E-state index contributed by atoms with van der Waals surface area (Å²) in [6.45, 7) is 4.02. The molecular formula is C16H36NNaO5P+. The molecule has 140 valence electrons. The molecule has 2 unspecified atom stereocenters. The van der Waals surface area contributed by atoms with Gasteiger partial charge in [0, 0.05) is 6.92 Å². The molecule has 8 heteroatoms. The van der Waals surface area contributed by atoms with E-state index in [1.165, 1.54) is 51.9 Å². The second-order valence-corrected chi connectivity index (χ2v) is 8.39. The van der Waals surface area contributed by atoms with E-state index in [1.54, 1.807) is 0 Å². The maximum Gasteiger partial charge on any atom is 1.00 e. The van der Waals surface area contributed by atoms with Crippen LogP contribution in [0.1, 0.15) is 71.6 Å². The molecule has 0 aromatic heterocycles. The molecule has 0 aromatic rings. The van der Waals surface area contributed by atoms with Gasteiger partial charge in [-0.2, -0.15) is 0 Å². The van der Waals surface area contributed by atoms with Gasteiger partial charge in [-0.25, -0.2) is 0 Å². The van der Waals surface area contributed by atoms with Crippen molar-refractivity contribution < 1.29 is 58.0 Å². The molecule has 0 spiro atoms. The predicted octanol–water partition coefficient (Wildman–Crippen LogP) is -0.217. The van der Waals surface area contributed by atoms with Crippen LogP contribution in [0.4, 0.5) is 0 Å². The topological polar surface area (TPSA) is 89.8 Å². The smallest absolute Gasteiger partial charge is 0.756 e. The molecule has 0 aliphatic heterocycles. The third kappa shape index (κ3) is 13.3. The first-order valence-corrected chi connectivity index (χ1v) is 10.3. The number of hydrogen-bond acceptors (Lipinski definition) is 4. The zero-order chi connectivity index (χ0) is 18.0. The summed E-state index contributed by atoms with van der Waals surface area (Å²) in [5.74, 6) is 0. The van der Waals surface area contributed by atoms with Crippen LogP contribution < -0.4 is 34.5 Å². The van der Waals surface area contributed by atoms with Gasteiger partial charge in [0.25, 0.3) is 7.82 Å². The molecular weight excluding hydrogens is 340 g/mol. The Morgan fingerprint density at radius 1 is 1.04 bits per heavy atom. The summed E-state index contributed by atoms with van der Waals surface area (Å²) in [5.41, 5.74) is -1.37. The molecule has 0 radical (unpaired) electrons. The van der Waals surface area contributed by atoms with Crippen molar-refractivity contribution in [3.8, 4) is 0 Å². The van der Waals surface area contributed by atoms with E-state index in [0.717, 1.165) is 19.4 Å². The van der Waals surface area contributed by atoms with Gasteiger partial charge in [-0.05, 0) is 12.8 Å². The first-order valence-electron chi connectivity index (χ1n) is 8.75. The number of aliphatic hydroxyl groups is 1. The Morgan fingerprint density at radius 3 is 1.88 bits per heavy atom. The molecule has 0 aliphatic carbocycles. The summed E-state index contributed by atoms with van der Waals surface area (Å²) in [5, 5.41) is 10.4. The molecule has 24 heavy (non-hydrogen) atoms. The average molecular weight is 376 g/mol. The van der Waals surface area contributed by atoms with E-state index in [0.29, 0.717) is 0 Å². The number of nitrogens with zero attached hydrogens (tertiary/aromatic N) is 1. The molecule has 0 saturated carbocycles. The molecule has 2 N–H and O–H groups in total. The molecule has 2 atom stereocenters. The van der Waals surface area contributed by atoms with Gasteiger partial charge >= 0.3 is 29.6 Å². The van der Waals surface area contributed by atoms with Gasteiger partial charge in [-0.15, -0.1) is 0 Å². The van der Waals surface area contributed by atoms with Crippen LogP contribution in [0.5, 0.6) is 0 Å². The number of quaternary nitrogens is 1. The number of unbranched alkanes of at least 4 members (excludes halogenated alkanes) is 8. The van der Waals surface area contributed by atoms with Crippen molar-refractivity contribution in [1.82, 2.24) is 0 Å². The van der Waals surface area contributed by atoms with Crippen LogP contribution in [0.3, 0.4) is 0 Å². The van der Waals surface area contributed by atoms with Crippen LogP contribution in [0, 0.1) is 0 Å². The van der Waals surface area contributed by atoms with Gasteiger partial charge in [0.15, 0.2) is 0 Å². The Bertz CT molecular complexity index is 360.